The van der Waals surface area contributed by atoms with Crippen molar-refractivity contribution in [1.29, 1.82) is 0 Å². The monoisotopic (exact) mass is 256 g/mol. The van der Waals surface area contributed by atoms with Gasteiger partial charge in [-0.15, -0.1) is 11.6 Å². The summed E-state index contributed by atoms with van der Waals surface area (Å²) in [5.41, 5.74) is 0.703. The number of rotatable bonds is 4. The molecule has 0 spiro atoms. The van der Waals surface area contributed by atoms with Crippen molar-refractivity contribution in [3.8, 4) is 0 Å². The maximum absolute atomic E-state index is 13.5. The van der Waals surface area contributed by atoms with Crippen molar-refractivity contribution in [2.24, 2.45) is 5.92 Å². The van der Waals surface area contributed by atoms with Crippen LogP contribution in [0, 0.1) is 11.7 Å². The summed E-state index contributed by atoms with van der Waals surface area (Å²) in [5, 5.41) is -0.0423. The van der Waals surface area contributed by atoms with E-state index in [1.54, 1.807) is 6.07 Å². The maximum Gasteiger partial charge on any atom is 0.126 e. The zero-order chi connectivity index (χ0) is 12.3. The van der Waals surface area contributed by atoms with Gasteiger partial charge < -0.3 is 4.74 Å². The normalized spacial score (nSPS) is 26.1. The summed E-state index contributed by atoms with van der Waals surface area (Å²) < 4.78 is 19.2. The van der Waals surface area contributed by atoms with Gasteiger partial charge in [-0.25, -0.2) is 4.39 Å². The lowest BCUT2D eigenvalue weighted by Gasteiger charge is -2.22. The van der Waals surface area contributed by atoms with Crippen LogP contribution in [-0.2, 0) is 11.2 Å². The Balaban J connectivity index is 2.01. The predicted octanol–water partition coefficient (Wildman–Crippen LogP) is 3.79. The third-order valence-corrected chi connectivity index (χ3v) is 3.98. The fraction of sp³-hybridized carbons (Fsp3) is 0.571. The fourth-order valence-electron chi connectivity index (χ4n) is 2.52. The molecule has 3 heteroatoms. The molecule has 0 amide bonds. The SMILES string of the molecule is CCC1OCCC1C(Cl)Cc1ccccc1F. The molecule has 0 radical (unpaired) electrons. The number of halogens is 2. The Hall–Kier alpha value is -0.600. The average molecular weight is 257 g/mol. The van der Waals surface area contributed by atoms with E-state index in [1.807, 2.05) is 12.1 Å². The number of alkyl halides is 1. The number of hydrogen-bond acceptors (Lipinski definition) is 1. The maximum atomic E-state index is 13.5. The van der Waals surface area contributed by atoms with Crippen LogP contribution in [0.25, 0.3) is 0 Å². The van der Waals surface area contributed by atoms with Crippen molar-refractivity contribution in [3.05, 3.63) is 35.6 Å². The first-order valence-corrected chi connectivity index (χ1v) is 6.65. The van der Waals surface area contributed by atoms with Crippen LogP contribution in [0.15, 0.2) is 24.3 Å². The lowest BCUT2D eigenvalue weighted by atomic mass is 9.91. The highest BCUT2D eigenvalue weighted by molar-refractivity contribution is 6.21. The Morgan fingerprint density at radius 1 is 1.47 bits per heavy atom. The highest BCUT2D eigenvalue weighted by atomic mass is 35.5. The van der Waals surface area contributed by atoms with Crippen molar-refractivity contribution in [2.45, 2.75) is 37.7 Å². The highest BCUT2D eigenvalue weighted by Gasteiger charge is 2.32. The minimum absolute atomic E-state index is 0.0423. The first kappa shape index (κ1) is 12.8. The highest BCUT2D eigenvalue weighted by Crippen LogP contribution is 2.31. The number of hydrogen-bond donors (Lipinski definition) is 0. The summed E-state index contributed by atoms with van der Waals surface area (Å²) in [7, 11) is 0. The molecule has 3 unspecified atom stereocenters. The summed E-state index contributed by atoms with van der Waals surface area (Å²) in [6.45, 7) is 2.89. The van der Waals surface area contributed by atoms with E-state index in [2.05, 4.69) is 6.92 Å². The average Bonchev–Trinajstić information content (AvgIpc) is 2.80. The summed E-state index contributed by atoms with van der Waals surface area (Å²) in [6.07, 6.45) is 2.79. The summed E-state index contributed by atoms with van der Waals surface area (Å²) >= 11 is 6.42. The standard InChI is InChI=1S/C14H18ClFO/c1-2-14-11(7-8-17-14)12(15)9-10-5-3-4-6-13(10)16/h3-6,11-12,14H,2,7-9H2,1H3. The Kier molecular flexibility index (Phi) is 4.41. The van der Waals surface area contributed by atoms with Crippen LogP contribution >= 0.6 is 11.6 Å². The van der Waals surface area contributed by atoms with Crippen LogP contribution < -0.4 is 0 Å². The molecule has 0 saturated carbocycles. The van der Waals surface area contributed by atoms with Gasteiger partial charge in [0.25, 0.3) is 0 Å². The van der Waals surface area contributed by atoms with Crippen molar-refractivity contribution in [1.82, 2.24) is 0 Å². The quantitative estimate of drug-likeness (QED) is 0.745. The predicted molar refractivity (Wildman–Crippen MR) is 67.9 cm³/mol. The van der Waals surface area contributed by atoms with Crippen LogP contribution in [0.5, 0.6) is 0 Å². The van der Waals surface area contributed by atoms with E-state index < -0.39 is 0 Å². The Bertz CT molecular complexity index is 369. The third kappa shape index (κ3) is 2.99. The van der Waals surface area contributed by atoms with Gasteiger partial charge in [0, 0.05) is 17.9 Å². The molecule has 1 heterocycles. The molecule has 1 saturated heterocycles. The summed E-state index contributed by atoms with van der Waals surface area (Å²) in [4.78, 5) is 0. The summed E-state index contributed by atoms with van der Waals surface area (Å²) in [5.74, 6) is 0.186. The minimum Gasteiger partial charge on any atom is -0.378 e. The van der Waals surface area contributed by atoms with E-state index in [0.717, 1.165) is 19.4 Å². The molecule has 1 aromatic rings. The lowest BCUT2D eigenvalue weighted by molar-refractivity contribution is 0.0864. The molecule has 1 aromatic carbocycles. The van der Waals surface area contributed by atoms with Crippen molar-refractivity contribution >= 4 is 11.6 Å². The van der Waals surface area contributed by atoms with E-state index in [4.69, 9.17) is 16.3 Å². The van der Waals surface area contributed by atoms with Gasteiger partial charge in [0.05, 0.1) is 6.10 Å². The lowest BCUT2D eigenvalue weighted by Crippen LogP contribution is -2.26. The van der Waals surface area contributed by atoms with E-state index in [-0.39, 0.29) is 17.3 Å². The molecule has 1 nitrogen and oxygen atoms in total. The van der Waals surface area contributed by atoms with Crippen molar-refractivity contribution < 1.29 is 9.13 Å². The van der Waals surface area contributed by atoms with Crippen molar-refractivity contribution in [3.63, 3.8) is 0 Å². The molecule has 0 N–H and O–H groups in total. The van der Waals surface area contributed by atoms with Gasteiger partial charge in [-0.3, -0.25) is 0 Å². The molecule has 3 atom stereocenters. The molecule has 17 heavy (non-hydrogen) atoms. The Morgan fingerprint density at radius 3 is 2.94 bits per heavy atom. The molecule has 0 aliphatic carbocycles. The smallest absolute Gasteiger partial charge is 0.126 e. The van der Waals surface area contributed by atoms with Gasteiger partial charge in [-0.1, -0.05) is 25.1 Å². The minimum atomic E-state index is -0.162. The van der Waals surface area contributed by atoms with Crippen molar-refractivity contribution in [2.75, 3.05) is 6.61 Å². The molecule has 0 aromatic heterocycles. The fourth-order valence-corrected chi connectivity index (χ4v) is 2.98. The zero-order valence-corrected chi connectivity index (χ0v) is 10.8. The third-order valence-electron chi connectivity index (χ3n) is 3.50. The zero-order valence-electron chi connectivity index (χ0n) is 10.0. The van der Waals surface area contributed by atoms with Crippen LogP contribution in [-0.4, -0.2) is 18.1 Å². The first-order chi connectivity index (χ1) is 8.22. The number of ether oxygens (including phenoxy) is 1. The van der Waals surface area contributed by atoms with Crippen LogP contribution in [0.2, 0.25) is 0 Å². The molecule has 1 aliphatic heterocycles. The van der Waals surface area contributed by atoms with E-state index in [0.29, 0.717) is 17.9 Å². The van der Waals surface area contributed by atoms with Gasteiger partial charge in [-0.05, 0) is 30.9 Å². The molecule has 94 valence electrons. The molecular weight excluding hydrogens is 239 g/mol. The topological polar surface area (TPSA) is 9.23 Å². The van der Waals surface area contributed by atoms with Gasteiger partial charge in [-0.2, -0.15) is 0 Å². The molecule has 2 rings (SSSR count). The van der Waals surface area contributed by atoms with Crippen LogP contribution in [0.4, 0.5) is 4.39 Å². The van der Waals surface area contributed by atoms with Gasteiger partial charge in [0.2, 0.25) is 0 Å². The number of benzene rings is 1. The molecular formula is C14H18ClFO. The van der Waals surface area contributed by atoms with Crippen LogP contribution in [0.3, 0.4) is 0 Å². The van der Waals surface area contributed by atoms with Gasteiger partial charge >= 0.3 is 0 Å². The van der Waals surface area contributed by atoms with Gasteiger partial charge in [0.15, 0.2) is 0 Å². The summed E-state index contributed by atoms with van der Waals surface area (Å²) in [6, 6.07) is 6.85. The van der Waals surface area contributed by atoms with Crippen LogP contribution in [0.1, 0.15) is 25.3 Å². The van der Waals surface area contributed by atoms with E-state index in [1.165, 1.54) is 6.07 Å². The molecule has 1 fully saturated rings. The molecule has 1 aliphatic rings. The largest absolute Gasteiger partial charge is 0.378 e. The Morgan fingerprint density at radius 2 is 2.24 bits per heavy atom. The van der Waals surface area contributed by atoms with E-state index in [9.17, 15) is 4.39 Å². The first-order valence-electron chi connectivity index (χ1n) is 6.21. The van der Waals surface area contributed by atoms with E-state index >= 15 is 0 Å². The Labute approximate surface area is 107 Å². The second kappa shape index (κ2) is 5.83. The molecule has 0 bridgehead atoms. The second-order valence-electron chi connectivity index (χ2n) is 4.58. The van der Waals surface area contributed by atoms with Gasteiger partial charge in [0.1, 0.15) is 5.82 Å². The second-order valence-corrected chi connectivity index (χ2v) is 5.14.